The van der Waals surface area contributed by atoms with E-state index in [0.29, 0.717) is 0 Å². The average Bonchev–Trinajstić information content (AvgIpc) is 3.10. The van der Waals surface area contributed by atoms with Crippen LogP contribution in [0.1, 0.15) is 12.8 Å². The Morgan fingerprint density at radius 1 is 1.15 bits per heavy atom. The molecule has 0 bridgehead atoms. The maximum absolute atomic E-state index is 12.0. The minimum absolute atomic E-state index is 0.00640. The SMILES string of the molecule is Cn1ccc(-c2ccc(NC(=O)N3CCCC3)cc2)n1. The quantitative estimate of drug-likeness (QED) is 0.912. The molecule has 0 unspecified atom stereocenters. The monoisotopic (exact) mass is 270 g/mol. The van der Waals surface area contributed by atoms with Gasteiger partial charge in [0.2, 0.25) is 0 Å². The number of urea groups is 1. The highest BCUT2D eigenvalue weighted by atomic mass is 16.2. The second-order valence-electron chi connectivity index (χ2n) is 5.08. The molecule has 1 aliphatic rings. The zero-order valence-corrected chi connectivity index (χ0v) is 11.5. The zero-order chi connectivity index (χ0) is 13.9. The minimum Gasteiger partial charge on any atom is -0.325 e. The molecule has 2 amide bonds. The van der Waals surface area contributed by atoms with Crippen LogP contribution >= 0.6 is 0 Å². The van der Waals surface area contributed by atoms with Gasteiger partial charge in [-0.25, -0.2) is 4.79 Å². The smallest absolute Gasteiger partial charge is 0.321 e. The number of carbonyl (C=O) groups excluding carboxylic acids is 1. The summed E-state index contributed by atoms with van der Waals surface area (Å²) >= 11 is 0. The molecule has 104 valence electrons. The molecule has 0 spiro atoms. The average molecular weight is 270 g/mol. The zero-order valence-electron chi connectivity index (χ0n) is 11.5. The third kappa shape index (κ3) is 2.66. The first kappa shape index (κ1) is 12.7. The lowest BCUT2D eigenvalue weighted by atomic mass is 10.1. The lowest BCUT2D eigenvalue weighted by molar-refractivity contribution is 0.222. The molecule has 1 aromatic heterocycles. The molecule has 1 fully saturated rings. The number of nitrogens with zero attached hydrogens (tertiary/aromatic N) is 3. The van der Waals surface area contributed by atoms with Crippen LogP contribution < -0.4 is 5.32 Å². The van der Waals surface area contributed by atoms with Gasteiger partial charge in [0.25, 0.3) is 0 Å². The molecule has 1 N–H and O–H groups in total. The van der Waals surface area contributed by atoms with Crippen LogP contribution in [0, 0.1) is 0 Å². The van der Waals surface area contributed by atoms with Crippen molar-refractivity contribution < 1.29 is 4.79 Å². The van der Waals surface area contributed by atoms with Crippen molar-refractivity contribution in [2.45, 2.75) is 12.8 Å². The molecule has 5 nitrogen and oxygen atoms in total. The van der Waals surface area contributed by atoms with Crippen LogP contribution in [-0.2, 0) is 7.05 Å². The Morgan fingerprint density at radius 3 is 2.45 bits per heavy atom. The highest BCUT2D eigenvalue weighted by molar-refractivity contribution is 5.89. The van der Waals surface area contributed by atoms with Gasteiger partial charge in [-0.1, -0.05) is 12.1 Å². The summed E-state index contributed by atoms with van der Waals surface area (Å²) in [4.78, 5) is 13.8. The van der Waals surface area contributed by atoms with E-state index in [1.807, 2.05) is 48.5 Å². The van der Waals surface area contributed by atoms with E-state index in [2.05, 4.69) is 10.4 Å². The number of amides is 2. The van der Waals surface area contributed by atoms with Crippen LogP contribution in [-0.4, -0.2) is 33.8 Å². The molecule has 1 aliphatic heterocycles. The van der Waals surface area contributed by atoms with Crippen LogP contribution in [0.25, 0.3) is 11.3 Å². The number of aryl methyl sites for hydroxylation is 1. The van der Waals surface area contributed by atoms with Crippen molar-refractivity contribution in [2.24, 2.45) is 7.05 Å². The van der Waals surface area contributed by atoms with Crippen molar-refractivity contribution in [3.8, 4) is 11.3 Å². The Hall–Kier alpha value is -2.30. The van der Waals surface area contributed by atoms with Gasteiger partial charge in [-0.2, -0.15) is 5.10 Å². The van der Waals surface area contributed by atoms with E-state index in [1.54, 1.807) is 4.68 Å². The third-order valence-corrected chi connectivity index (χ3v) is 3.54. The van der Waals surface area contributed by atoms with Gasteiger partial charge in [-0.05, 0) is 31.0 Å². The number of hydrogen-bond donors (Lipinski definition) is 1. The first-order valence-electron chi connectivity index (χ1n) is 6.88. The summed E-state index contributed by atoms with van der Waals surface area (Å²) in [5, 5.41) is 7.28. The van der Waals surface area contributed by atoms with Gasteiger partial charge in [0.1, 0.15) is 0 Å². The van der Waals surface area contributed by atoms with E-state index in [4.69, 9.17) is 0 Å². The fourth-order valence-electron chi connectivity index (χ4n) is 2.42. The highest BCUT2D eigenvalue weighted by Crippen LogP contribution is 2.20. The number of benzene rings is 1. The van der Waals surface area contributed by atoms with Gasteiger partial charge in [0.15, 0.2) is 0 Å². The van der Waals surface area contributed by atoms with Gasteiger partial charge < -0.3 is 10.2 Å². The maximum Gasteiger partial charge on any atom is 0.321 e. The topological polar surface area (TPSA) is 50.2 Å². The van der Waals surface area contributed by atoms with Crippen molar-refractivity contribution in [3.05, 3.63) is 36.5 Å². The minimum atomic E-state index is -0.00640. The fraction of sp³-hybridized carbons (Fsp3) is 0.333. The second kappa shape index (κ2) is 5.36. The molecule has 1 saturated heterocycles. The third-order valence-electron chi connectivity index (χ3n) is 3.54. The summed E-state index contributed by atoms with van der Waals surface area (Å²) in [6, 6.07) is 9.74. The summed E-state index contributed by atoms with van der Waals surface area (Å²) < 4.78 is 1.78. The molecular weight excluding hydrogens is 252 g/mol. The van der Waals surface area contributed by atoms with E-state index in [9.17, 15) is 4.79 Å². The van der Waals surface area contributed by atoms with Gasteiger partial charge in [0.05, 0.1) is 5.69 Å². The largest absolute Gasteiger partial charge is 0.325 e. The molecule has 1 aromatic carbocycles. The molecule has 20 heavy (non-hydrogen) atoms. The molecule has 3 rings (SSSR count). The fourth-order valence-corrected chi connectivity index (χ4v) is 2.42. The number of anilines is 1. The Kier molecular flexibility index (Phi) is 3.41. The molecule has 0 atom stereocenters. The van der Waals surface area contributed by atoms with E-state index in [-0.39, 0.29) is 6.03 Å². The summed E-state index contributed by atoms with van der Waals surface area (Å²) in [7, 11) is 1.90. The predicted molar refractivity (Wildman–Crippen MR) is 78.5 cm³/mol. The van der Waals surface area contributed by atoms with E-state index in [1.165, 1.54) is 0 Å². The summed E-state index contributed by atoms with van der Waals surface area (Å²) in [6.45, 7) is 1.72. The first-order chi connectivity index (χ1) is 9.72. The Bertz CT molecular complexity index is 597. The predicted octanol–water partition coefficient (Wildman–Crippen LogP) is 2.71. The molecule has 0 radical (unpaired) electrons. The Balaban J connectivity index is 1.68. The lowest BCUT2D eigenvalue weighted by Crippen LogP contribution is -2.32. The van der Waals surface area contributed by atoms with Crippen molar-refractivity contribution in [1.82, 2.24) is 14.7 Å². The number of hydrogen-bond acceptors (Lipinski definition) is 2. The Morgan fingerprint density at radius 2 is 1.85 bits per heavy atom. The number of nitrogens with one attached hydrogen (secondary N) is 1. The standard InChI is InChI=1S/C15H18N4O/c1-18-11-8-14(17-18)12-4-6-13(7-5-12)16-15(20)19-9-2-3-10-19/h4-8,11H,2-3,9-10H2,1H3,(H,16,20). The molecule has 2 aromatic rings. The number of rotatable bonds is 2. The van der Waals surface area contributed by atoms with Gasteiger partial charge in [-0.15, -0.1) is 0 Å². The summed E-state index contributed by atoms with van der Waals surface area (Å²) in [5.41, 5.74) is 2.80. The normalized spacial score (nSPS) is 14.6. The Labute approximate surface area is 118 Å². The lowest BCUT2D eigenvalue weighted by Gasteiger charge is -2.16. The van der Waals surface area contributed by atoms with Crippen molar-refractivity contribution in [1.29, 1.82) is 0 Å². The summed E-state index contributed by atoms with van der Waals surface area (Å²) in [6.07, 6.45) is 4.12. The van der Waals surface area contributed by atoms with E-state index in [0.717, 1.165) is 42.9 Å². The van der Waals surface area contributed by atoms with Crippen LogP contribution in [0.4, 0.5) is 10.5 Å². The van der Waals surface area contributed by atoms with Crippen molar-refractivity contribution in [3.63, 3.8) is 0 Å². The molecule has 0 aliphatic carbocycles. The van der Waals surface area contributed by atoms with Gasteiger partial charge in [0, 0.05) is 37.6 Å². The van der Waals surface area contributed by atoms with Crippen LogP contribution in [0.2, 0.25) is 0 Å². The van der Waals surface area contributed by atoms with E-state index >= 15 is 0 Å². The maximum atomic E-state index is 12.0. The van der Waals surface area contributed by atoms with Crippen LogP contribution in [0.3, 0.4) is 0 Å². The van der Waals surface area contributed by atoms with E-state index < -0.39 is 0 Å². The van der Waals surface area contributed by atoms with Gasteiger partial charge >= 0.3 is 6.03 Å². The molecule has 5 heteroatoms. The number of likely N-dealkylation sites (tertiary alicyclic amines) is 1. The first-order valence-corrected chi connectivity index (χ1v) is 6.88. The van der Waals surface area contributed by atoms with Crippen molar-refractivity contribution >= 4 is 11.7 Å². The van der Waals surface area contributed by atoms with Gasteiger partial charge in [-0.3, -0.25) is 4.68 Å². The van der Waals surface area contributed by atoms with Crippen molar-refractivity contribution in [2.75, 3.05) is 18.4 Å². The van der Waals surface area contributed by atoms with Crippen LogP contribution in [0.5, 0.6) is 0 Å². The molecule has 2 heterocycles. The highest BCUT2D eigenvalue weighted by Gasteiger charge is 2.17. The molecule has 0 saturated carbocycles. The molecular formula is C15H18N4O. The van der Waals surface area contributed by atoms with Crippen LogP contribution in [0.15, 0.2) is 36.5 Å². The second-order valence-corrected chi connectivity index (χ2v) is 5.08. The summed E-state index contributed by atoms with van der Waals surface area (Å²) in [5.74, 6) is 0. The number of aromatic nitrogens is 2. The number of carbonyl (C=O) groups is 1.